The first-order valence-electron chi connectivity index (χ1n) is 20.8. The van der Waals surface area contributed by atoms with Gasteiger partial charge in [-0.2, -0.15) is 0 Å². The molecule has 0 saturated heterocycles. The number of aromatic nitrogens is 1. The quantitative estimate of drug-likeness (QED) is 0.149. The molecule has 0 aliphatic heterocycles. The van der Waals surface area contributed by atoms with Gasteiger partial charge in [-0.1, -0.05) is 170 Å². The van der Waals surface area contributed by atoms with Gasteiger partial charge in [-0.25, -0.2) is 0 Å². The van der Waals surface area contributed by atoms with Crippen LogP contribution in [-0.4, -0.2) is 4.57 Å². The van der Waals surface area contributed by atoms with Crippen LogP contribution in [0, 0.1) is 0 Å². The van der Waals surface area contributed by atoms with E-state index in [1.165, 1.54) is 72.4 Å². The van der Waals surface area contributed by atoms with Crippen LogP contribution in [0.3, 0.4) is 0 Å². The molecule has 0 unspecified atom stereocenters. The lowest BCUT2D eigenvalue weighted by Crippen LogP contribution is -2.09. The van der Waals surface area contributed by atoms with E-state index in [4.69, 9.17) is 0 Å². The van der Waals surface area contributed by atoms with E-state index in [-0.39, 0.29) is 0 Å². The Kier molecular flexibility index (Phi) is 10.2. The number of benzene rings is 8. The SMILES string of the molecule is C1=CC/C=C\c2c(n(-c3ccccc3)c3cccc(-c4cccc(N(c5ccccc5)c5ccc(-c6cc(-c7ccccc7)cc(-c7ccccc7)c6)cc5)c4)c23)CC=C1. The van der Waals surface area contributed by atoms with Crippen LogP contribution in [0.2, 0.25) is 0 Å². The molecule has 10 rings (SSSR count). The third-order valence-corrected chi connectivity index (χ3v) is 11.4. The first-order chi connectivity index (χ1) is 29.8. The zero-order chi connectivity index (χ0) is 40.1. The molecule has 60 heavy (non-hydrogen) atoms. The summed E-state index contributed by atoms with van der Waals surface area (Å²) in [6.07, 6.45) is 15.2. The topological polar surface area (TPSA) is 8.17 Å². The summed E-state index contributed by atoms with van der Waals surface area (Å²) < 4.78 is 2.45. The molecule has 0 N–H and O–H groups in total. The maximum Gasteiger partial charge on any atom is 0.0544 e. The Bertz CT molecular complexity index is 2930. The van der Waals surface area contributed by atoms with Crippen LogP contribution in [0.15, 0.2) is 237 Å². The number of hydrogen-bond donors (Lipinski definition) is 0. The standard InChI is InChI=1S/C58H44N2/c1-2-4-18-33-56-55(31-17-3-1)58-54(32-20-34-57(58)60(56)51-28-15-8-16-29-51)46-25-19-30-53(42-46)59(50-26-13-7-14-27-50)52-37-35-45(36-38-52)49-40-47(43-21-9-5-10-22-43)39-48(41-49)44-23-11-6-12-24-44/h1-2,4-32,34-42H,3,33H2/b2-1?,18-4?,31-17-. The van der Waals surface area contributed by atoms with Crippen molar-refractivity contribution in [3.05, 3.63) is 248 Å². The number of nitrogens with zero attached hydrogens (tertiary/aromatic N) is 2. The number of para-hydroxylation sites is 2. The molecule has 2 nitrogen and oxygen atoms in total. The number of fused-ring (bicyclic) bond motifs is 3. The zero-order valence-electron chi connectivity index (χ0n) is 33.4. The fourth-order valence-corrected chi connectivity index (χ4v) is 8.62. The van der Waals surface area contributed by atoms with Crippen molar-refractivity contribution in [1.82, 2.24) is 4.57 Å². The fraction of sp³-hybridized carbons (Fsp3) is 0.0345. The van der Waals surface area contributed by atoms with Gasteiger partial charge in [0.15, 0.2) is 0 Å². The van der Waals surface area contributed by atoms with E-state index in [1.807, 2.05) is 0 Å². The van der Waals surface area contributed by atoms with E-state index in [0.29, 0.717) is 0 Å². The molecule has 286 valence electrons. The predicted octanol–water partition coefficient (Wildman–Crippen LogP) is 15.8. The molecule has 1 aliphatic rings. The maximum atomic E-state index is 2.45. The van der Waals surface area contributed by atoms with E-state index in [1.54, 1.807) is 0 Å². The normalized spacial score (nSPS) is 12.9. The van der Waals surface area contributed by atoms with Gasteiger partial charge in [-0.15, -0.1) is 0 Å². The minimum Gasteiger partial charge on any atom is -0.313 e. The molecule has 0 radical (unpaired) electrons. The van der Waals surface area contributed by atoms with Crippen LogP contribution in [0.25, 0.3) is 67.2 Å². The van der Waals surface area contributed by atoms with E-state index in [9.17, 15) is 0 Å². The Morgan fingerprint density at radius 1 is 0.383 bits per heavy atom. The summed E-state index contributed by atoms with van der Waals surface area (Å²) in [5.74, 6) is 0. The van der Waals surface area contributed by atoms with E-state index >= 15 is 0 Å². The smallest absolute Gasteiger partial charge is 0.0544 e. The first-order valence-corrected chi connectivity index (χ1v) is 20.8. The molecule has 2 heteroatoms. The number of hydrogen-bond acceptors (Lipinski definition) is 1. The molecule has 0 bridgehead atoms. The van der Waals surface area contributed by atoms with Crippen LogP contribution in [-0.2, 0) is 6.42 Å². The van der Waals surface area contributed by atoms with Crippen molar-refractivity contribution >= 4 is 34.0 Å². The molecule has 1 aliphatic carbocycles. The lowest BCUT2D eigenvalue weighted by molar-refractivity contribution is 1.000. The first kappa shape index (κ1) is 36.6. The highest BCUT2D eigenvalue weighted by Gasteiger charge is 2.21. The highest BCUT2D eigenvalue weighted by molar-refractivity contribution is 6.04. The van der Waals surface area contributed by atoms with Gasteiger partial charge < -0.3 is 9.47 Å². The van der Waals surface area contributed by atoms with Crippen molar-refractivity contribution < 1.29 is 0 Å². The summed E-state index contributed by atoms with van der Waals surface area (Å²) >= 11 is 0. The van der Waals surface area contributed by atoms with Gasteiger partial charge in [0, 0.05) is 45.8 Å². The second-order valence-electron chi connectivity index (χ2n) is 15.2. The van der Waals surface area contributed by atoms with Gasteiger partial charge in [-0.3, -0.25) is 0 Å². The molecule has 0 atom stereocenters. The van der Waals surface area contributed by atoms with E-state index < -0.39 is 0 Å². The third-order valence-electron chi connectivity index (χ3n) is 11.4. The molecule has 0 saturated carbocycles. The second-order valence-corrected chi connectivity index (χ2v) is 15.2. The van der Waals surface area contributed by atoms with Gasteiger partial charge >= 0.3 is 0 Å². The van der Waals surface area contributed by atoms with E-state index in [0.717, 1.165) is 29.9 Å². The highest BCUT2D eigenvalue weighted by Crippen LogP contribution is 2.42. The van der Waals surface area contributed by atoms with Crippen molar-refractivity contribution in [1.29, 1.82) is 0 Å². The number of anilines is 3. The van der Waals surface area contributed by atoms with Gasteiger partial charge in [0.25, 0.3) is 0 Å². The van der Waals surface area contributed by atoms with Crippen molar-refractivity contribution in [3.8, 4) is 50.2 Å². The number of rotatable bonds is 8. The molecule has 1 aromatic heterocycles. The third kappa shape index (κ3) is 7.32. The molecular weight excluding hydrogens is 725 g/mol. The molecule has 0 fully saturated rings. The monoisotopic (exact) mass is 768 g/mol. The molecular formula is C58H44N2. The largest absolute Gasteiger partial charge is 0.313 e. The van der Waals surface area contributed by atoms with Crippen LogP contribution in [0.5, 0.6) is 0 Å². The summed E-state index contributed by atoms with van der Waals surface area (Å²) in [4.78, 5) is 2.37. The molecule has 1 heterocycles. The molecule has 8 aromatic carbocycles. The lowest BCUT2D eigenvalue weighted by Gasteiger charge is -2.26. The lowest BCUT2D eigenvalue weighted by atomic mass is 9.93. The molecule has 9 aromatic rings. The Balaban J connectivity index is 1.08. The summed E-state index contributed by atoms with van der Waals surface area (Å²) in [6.45, 7) is 0. The minimum absolute atomic E-state index is 0.828. The summed E-state index contributed by atoms with van der Waals surface area (Å²) in [7, 11) is 0. The van der Waals surface area contributed by atoms with Crippen molar-refractivity contribution in [2.24, 2.45) is 0 Å². The fourth-order valence-electron chi connectivity index (χ4n) is 8.62. The Labute approximate surface area is 353 Å². The van der Waals surface area contributed by atoms with Crippen LogP contribution < -0.4 is 4.90 Å². The Hall–Kier alpha value is -7.68. The second kappa shape index (κ2) is 16.7. The van der Waals surface area contributed by atoms with Gasteiger partial charge in [0.1, 0.15) is 0 Å². The van der Waals surface area contributed by atoms with Crippen LogP contribution in [0.1, 0.15) is 17.7 Å². The average Bonchev–Trinajstić information content (AvgIpc) is 3.65. The zero-order valence-corrected chi connectivity index (χ0v) is 33.4. The van der Waals surface area contributed by atoms with Crippen LogP contribution in [0.4, 0.5) is 17.1 Å². The minimum atomic E-state index is 0.828. The van der Waals surface area contributed by atoms with Crippen molar-refractivity contribution in [2.75, 3.05) is 4.90 Å². The Morgan fingerprint density at radius 3 is 1.58 bits per heavy atom. The van der Waals surface area contributed by atoms with Gasteiger partial charge in [0.05, 0.1) is 5.52 Å². The predicted molar refractivity (Wildman–Crippen MR) is 255 cm³/mol. The average molecular weight is 769 g/mol. The summed E-state index contributed by atoms with van der Waals surface area (Å²) in [6, 6.07) is 74.6. The highest BCUT2D eigenvalue weighted by atomic mass is 15.1. The summed E-state index contributed by atoms with van der Waals surface area (Å²) in [5, 5.41) is 1.27. The Morgan fingerprint density at radius 2 is 0.917 bits per heavy atom. The van der Waals surface area contributed by atoms with Crippen LogP contribution >= 0.6 is 0 Å². The van der Waals surface area contributed by atoms with Crippen molar-refractivity contribution in [3.63, 3.8) is 0 Å². The number of allylic oxidation sites excluding steroid dienone is 5. The van der Waals surface area contributed by atoms with Gasteiger partial charge in [-0.05, 0) is 124 Å². The maximum absolute atomic E-state index is 2.45. The van der Waals surface area contributed by atoms with Crippen molar-refractivity contribution in [2.45, 2.75) is 12.8 Å². The molecule has 0 amide bonds. The summed E-state index contributed by atoms with van der Waals surface area (Å²) in [5.41, 5.74) is 17.8. The molecule has 0 spiro atoms. The van der Waals surface area contributed by atoms with Gasteiger partial charge in [0.2, 0.25) is 0 Å². The van der Waals surface area contributed by atoms with E-state index in [2.05, 4.69) is 252 Å².